The number of carbonyl (C=O) groups is 1. The Hall–Kier alpha value is -2.86. The molecule has 0 fully saturated rings. The third-order valence-corrected chi connectivity index (χ3v) is 4.26. The summed E-state index contributed by atoms with van der Waals surface area (Å²) >= 11 is 5.89. The summed E-state index contributed by atoms with van der Waals surface area (Å²) in [4.78, 5) is 18.5. The number of halogens is 1. The summed E-state index contributed by atoms with van der Waals surface area (Å²) < 4.78 is 10.8. The number of aromatic nitrogens is 2. The van der Waals surface area contributed by atoms with Crippen LogP contribution in [0.5, 0.6) is 5.75 Å². The van der Waals surface area contributed by atoms with Gasteiger partial charge in [0, 0.05) is 23.2 Å². The number of amides is 1. The Labute approximate surface area is 162 Å². The molecule has 1 aromatic heterocycles. The van der Waals surface area contributed by atoms with E-state index in [0.717, 1.165) is 16.9 Å². The van der Waals surface area contributed by atoms with Crippen molar-refractivity contribution in [3.05, 3.63) is 64.5 Å². The maximum Gasteiger partial charge on any atom is 0.254 e. The molecule has 3 rings (SSSR count). The van der Waals surface area contributed by atoms with E-state index in [1.165, 1.54) is 4.90 Å². The molecule has 0 spiro atoms. The van der Waals surface area contributed by atoms with Crippen LogP contribution in [0.1, 0.15) is 28.7 Å². The van der Waals surface area contributed by atoms with Gasteiger partial charge in [0.15, 0.2) is 0 Å². The van der Waals surface area contributed by atoms with Crippen LogP contribution < -0.4 is 4.74 Å². The van der Waals surface area contributed by atoms with Crippen molar-refractivity contribution in [2.45, 2.75) is 20.4 Å². The lowest BCUT2D eigenvalue weighted by Gasteiger charge is -2.16. The molecule has 0 aliphatic heterocycles. The van der Waals surface area contributed by atoms with E-state index >= 15 is 0 Å². The number of hydrogen-bond donors (Lipinski definition) is 0. The van der Waals surface area contributed by atoms with Crippen molar-refractivity contribution in [3.8, 4) is 17.1 Å². The molecular formula is C20H20ClN3O3. The third-order valence-electron chi connectivity index (χ3n) is 4.01. The maximum atomic E-state index is 12.7. The molecule has 0 N–H and O–H groups in total. The van der Waals surface area contributed by atoms with Crippen LogP contribution in [0.25, 0.3) is 11.4 Å². The first-order valence-corrected chi connectivity index (χ1v) is 8.93. The predicted octanol–water partition coefficient (Wildman–Crippen LogP) is 4.37. The fraction of sp³-hybridized carbons (Fsp3) is 0.250. The number of nitrogens with zero attached hydrogens (tertiary/aromatic N) is 3. The minimum atomic E-state index is -0.132. The van der Waals surface area contributed by atoms with Crippen LogP contribution in [0.2, 0.25) is 5.02 Å². The zero-order valence-corrected chi connectivity index (χ0v) is 16.2. The Balaban J connectivity index is 1.70. The summed E-state index contributed by atoms with van der Waals surface area (Å²) in [6, 6.07) is 12.5. The predicted molar refractivity (Wildman–Crippen MR) is 103 cm³/mol. The standard InChI is InChI=1S/C20H20ClN3O3/c1-4-26-17-10-7-15(11-13(17)2)20(25)24(3)12-18-22-19(23-27-18)14-5-8-16(21)9-6-14/h5-11H,4,12H2,1-3H3. The van der Waals surface area contributed by atoms with E-state index in [0.29, 0.717) is 28.9 Å². The lowest BCUT2D eigenvalue weighted by molar-refractivity contribution is 0.0769. The van der Waals surface area contributed by atoms with Crippen molar-refractivity contribution in [2.75, 3.05) is 13.7 Å². The molecule has 7 heteroatoms. The normalized spacial score (nSPS) is 10.7. The molecule has 0 bridgehead atoms. The number of aryl methyl sites for hydroxylation is 1. The highest BCUT2D eigenvalue weighted by Gasteiger charge is 2.17. The molecule has 0 aliphatic carbocycles. The van der Waals surface area contributed by atoms with Gasteiger partial charge in [0.25, 0.3) is 5.91 Å². The molecule has 3 aromatic rings. The van der Waals surface area contributed by atoms with Gasteiger partial charge in [-0.3, -0.25) is 4.79 Å². The van der Waals surface area contributed by atoms with Crippen LogP contribution in [-0.4, -0.2) is 34.6 Å². The Morgan fingerprint density at radius 3 is 2.63 bits per heavy atom. The molecule has 140 valence electrons. The van der Waals surface area contributed by atoms with Crippen molar-refractivity contribution < 1.29 is 14.1 Å². The van der Waals surface area contributed by atoms with Crippen molar-refractivity contribution in [2.24, 2.45) is 0 Å². The number of ether oxygens (including phenoxy) is 1. The quantitative estimate of drug-likeness (QED) is 0.630. The van der Waals surface area contributed by atoms with E-state index in [2.05, 4.69) is 10.1 Å². The van der Waals surface area contributed by atoms with Crippen LogP contribution in [0.4, 0.5) is 0 Å². The summed E-state index contributed by atoms with van der Waals surface area (Å²) in [5.74, 6) is 1.46. The van der Waals surface area contributed by atoms with Gasteiger partial charge in [-0.15, -0.1) is 0 Å². The van der Waals surface area contributed by atoms with Gasteiger partial charge in [-0.1, -0.05) is 16.8 Å². The van der Waals surface area contributed by atoms with E-state index in [4.69, 9.17) is 20.9 Å². The van der Waals surface area contributed by atoms with Crippen LogP contribution >= 0.6 is 11.6 Å². The van der Waals surface area contributed by atoms with Gasteiger partial charge in [-0.2, -0.15) is 4.98 Å². The van der Waals surface area contributed by atoms with Gasteiger partial charge in [0.2, 0.25) is 11.7 Å². The van der Waals surface area contributed by atoms with E-state index < -0.39 is 0 Å². The Kier molecular flexibility index (Phi) is 5.76. The van der Waals surface area contributed by atoms with Crippen molar-refractivity contribution in [1.29, 1.82) is 0 Å². The molecule has 1 heterocycles. The van der Waals surface area contributed by atoms with Gasteiger partial charge < -0.3 is 14.2 Å². The Bertz CT molecular complexity index is 938. The van der Waals surface area contributed by atoms with E-state index in [-0.39, 0.29) is 12.5 Å². The molecule has 0 atom stereocenters. The second-order valence-electron chi connectivity index (χ2n) is 6.09. The van der Waals surface area contributed by atoms with E-state index in [1.54, 1.807) is 25.2 Å². The molecule has 1 amide bonds. The van der Waals surface area contributed by atoms with Crippen molar-refractivity contribution >= 4 is 17.5 Å². The topological polar surface area (TPSA) is 68.5 Å². The van der Waals surface area contributed by atoms with Crippen LogP contribution in [-0.2, 0) is 6.54 Å². The summed E-state index contributed by atoms with van der Waals surface area (Å²) in [5.41, 5.74) is 2.29. The molecule has 0 aliphatic rings. The minimum absolute atomic E-state index is 0.132. The Morgan fingerprint density at radius 2 is 1.96 bits per heavy atom. The molecule has 27 heavy (non-hydrogen) atoms. The van der Waals surface area contributed by atoms with Crippen LogP contribution in [0.3, 0.4) is 0 Å². The average molecular weight is 386 g/mol. The number of hydrogen-bond acceptors (Lipinski definition) is 5. The highest BCUT2D eigenvalue weighted by molar-refractivity contribution is 6.30. The zero-order chi connectivity index (χ0) is 19.4. The number of rotatable bonds is 6. The first-order valence-electron chi connectivity index (χ1n) is 8.55. The number of benzene rings is 2. The summed E-state index contributed by atoms with van der Waals surface area (Å²) in [6.45, 7) is 4.64. The molecule has 0 saturated carbocycles. The van der Waals surface area contributed by atoms with Crippen LogP contribution in [0.15, 0.2) is 47.0 Å². The molecular weight excluding hydrogens is 366 g/mol. The lowest BCUT2D eigenvalue weighted by Crippen LogP contribution is -2.26. The first kappa shape index (κ1) is 18.9. The third kappa shape index (κ3) is 4.46. The SMILES string of the molecule is CCOc1ccc(C(=O)N(C)Cc2nc(-c3ccc(Cl)cc3)no2)cc1C. The van der Waals surface area contributed by atoms with Crippen LogP contribution in [0, 0.1) is 6.92 Å². The Morgan fingerprint density at radius 1 is 1.22 bits per heavy atom. The highest BCUT2D eigenvalue weighted by Crippen LogP contribution is 2.21. The van der Waals surface area contributed by atoms with Gasteiger partial charge in [0.1, 0.15) is 5.75 Å². The minimum Gasteiger partial charge on any atom is -0.494 e. The second-order valence-corrected chi connectivity index (χ2v) is 6.53. The molecule has 0 radical (unpaired) electrons. The van der Waals surface area contributed by atoms with E-state index in [1.807, 2.05) is 38.1 Å². The van der Waals surface area contributed by atoms with Gasteiger partial charge in [-0.25, -0.2) is 0 Å². The molecule has 0 unspecified atom stereocenters. The average Bonchev–Trinajstić information content (AvgIpc) is 3.12. The summed E-state index contributed by atoms with van der Waals surface area (Å²) in [7, 11) is 1.69. The largest absolute Gasteiger partial charge is 0.494 e. The highest BCUT2D eigenvalue weighted by atomic mass is 35.5. The summed E-state index contributed by atoms with van der Waals surface area (Å²) in [6.07, 6.45) is 0. The van der Waals surface area contributed by atoms with Crippen molar-refractivity contribution in [1.82, 2.24) is 15.0 Å². The fourth-order valence-electron chi connectivity index (χ4n) is 2.63. The zero-order valence-electron chi connectivity index (χ0n) is 15.4. The molecule has 0 saturated heterocycles. The lowest BCUT2D eigenvalue weighted by atomic mass is 10.1. The molecule has 2 aromatic carbocycles. The van der Waals surface area contributed by atoms with Crippen molar-refractivity contribution in [3.63, 3.8) is 0 Å². The molecule has 6 nitrogen and oxygen atoms in total. The van der Waals surface area contributed by atoms with Gasteiger partial charge >= 0.3 is 0 Å². The van der Waals surface area contributed by atoms with Gasteiger partial charge in [0.05, 0.1) is 13.2 Å². The first-order chi connectivity index (χ1) is 13.0. The maximum absolute atomic E-state index is 12.7. The van der Waals surface area contributed by atoms with E-state index in [9.17, 15) is 4.79 Å². The summed E-state index contributed by atoms with van der Waals surface area (Å²) in [5, 5.41) is 4.60. The number of carbonyl (C=O) groups excluding carboxylic acids is 1. The smallest absolute Gasteiger partial charge is 0.254 e. The second kappa shape index (κ2) is 8.22. The monoisotopic (exact) mass is 385 g/mol. The fourth-order valence-corrected chi connectivity index (χ4v) is 2.76. The van der Waals surface area contributed by atoms with Gasteiger partial charge in [-0.05, 0) is 61.9 Å².